The first-order valence-electron chi connectivity index (χ1n) is 5.67. The average Bonchev–Trinajstić information content (AvgIpc) is 2.33. The molecule has 0 aromatic heterocycles. The van der Waals surface area contributed by atoms with Crippen molar-refractivity contribution in [2.24, 2.45) is 10.9 Å². The van der Waals surface area contributed by atoms with E-state index in [1.807, 2.05) is 0 Å². The summed E-state index contributed by atoms with van der Waals surface area (Å²) >= 11 is 4.45. The minimum absolute atomic E-state index is 0.0393. The van der Waals surface area contributed by atoms with E-state index < -0.39 is 11.7 Å². The molecule has 0 spiro atoms. The van der Waals surface area contributed by atoms with Gasteiger partial charge in [0.05, 0.1) is 5.56 Å². The maximum Gasteiger partial charge on any atom is 0.417 e. The van der Waals surface area contributed by atoms with E-state index in [1.54, 1.807) is 6.07 Å². The van der Waals surface area contributed by atoms with Gasteiger partial charge in [0.2, 0.25) is 0 Å². The predicted molar refractivity (Wildman–Crippen MR) is 76.7 cm³/mol. The van der Waals surface area contributed by atoms with Crippen LogP contribution in [0.5, 0.6) is 0 Å². The Balaban J connectivity index is 2.18. The Hall–Kier alpha value is -0.690. The molecule has 0 fully saturated rings. The van der Waals surface area contributed by atoms with Crippen molar-refractivity contribution in [3.63, 3.8) is 0 Å². The van der Waals surface area contributed by atoms with Crippen molar-refractivity contribution in [2.45, 2.75) is 13.1 Å². The van der Waals surface area contributed by atoms with Crippen LogP contribution in [-0.2, 0) is 6.18 Å². The fraction of sp³-hybridized carbons (Fsp3) is 0.417. The Bertz CT molecular complexity index is 502. The molecule has 1 unspecified atom stereocenters. The summed E-state index contributed by atoms with van der Waals surface area (Å²) in [5, 5.41) is 3.61. The van der Waals surface area contributed by atoms with Gasteiger partial charge in [-0.3, -0.25) is 4.99 Å². The Morgan fingerprint density at radius 3 is 2.74 bits per heavy atom. The Morgan fingerprint density at radius 2 is 2.16 bits per heavy atom. The molecule has 1 heterocycles. The number of hydrogen-bond acceptors (Lipinski definition) is 3. The smallest absolute Gasteiger partial charge is 0.335 e. The molecule has 1 aromatic rings. The first kappa shape index (κ1) is 14.7. The molecule has 1 aliphatic rings. The number of aliphatic imine (C=N–C) groups is 1. The predicted octanol–water partition coefficient (Wildman–Crippen LogP) is 4.62. The van der Waals surface area contributed by atoms with Crippen LogP contribution in [0.25, 0.3) is 0 Å². The first-order valence-corrected chi connectivity index (χ1v) is 7.45. The Kier molecular flexibility index (Phi) is 4.45. The zero-order chi connectivity index (χ0) is 14.0. The third-order valence-corrected chi connectivity index (χ3v) is 4.51. The van der Waals surface area contributed by atoms with Crippen molar-refractivity contribution in [2.75, 3.05) is 17.6 Å². The molecule has 0 amide bonds. The van der Waals surface area contributed by atoms with E-state index in [-0.39, 0.29) is 4.47 Å². The lowest BCUT2D eigenvalue weighted by atomic mass is 10.2. The topological polar surface area (TPSA) is 24.4 Å². The molecule has 1 atom stereocenters. The summed E-state index contributed by atoms with van der Waals surface area (Å²) in [6, 6.07) is 4.08. The molecule has 104 valence electrons. The van der Waals surface area contributed by atoms with E-state index in [9.17, 15) is 13.2 Å². The Morgan fingerprint density at radius 1 is 1.42 bits per heavy atom. The number of benzene rings is 1. The van der Waals surface area contributed by atoms with Crippen LogP contribution in [0.4, 0.5) is 18.9 Å². The van der Waals surface area contributed by atoms with Crippen molar-refractivity contribution in [3.05, 3.63) is 28.2 Å². The molecule has 0 saturated heterocycles. The third kappa shape index (κ3) is 3.89. The molecule has 1 aliphatic heterocycles. The van der Waals surface area contributed by atoms with Gasteiger partial charge in [-0.15, -0.1) is 0 Å². The van der Waals surface area contributed by atoms with Gasteiger partial charge in [-0.05, 0) is 24.1 Å². The molecule has 0 bridgehead atoms. The van der Waals surface area contributed by atoms with Gasteiger partial charge < -0.3 is 5.32 Å². The SMILES string of the molecule is CC1CN=C(Nc2ccc(Br)c(C(F)(F)F)c2)SC1. The molecule has 1 N–H and O–H groups in total. The molecule has 0 aliphatic carbocycles. The number of nitrogens with zero attached hydrogens (tertiary/aromatic N) is 1. The first-order chi connectivity index (χ1) is 8.86. The number of amidine groups is 1. The molecular formula is C12H12BrF3N2S. The fourth-order valence-corrected chi connectivity index (χ4v) is 2.95. The van der Waals surface area contributed by atoms with Gasteiger partial charge in [-0.2, -0.15) is 13.2 Å². The quantitative estimate of drug-likeness (QED) is 0.797. The molecule has 2 nitrogen and oxygen atoms in total. The number of anilines is 1. The number of nitrogens with one attached hydrogen (secondary N) is 1. The number of halogens is 4. The van der Waals surface area contributed by atoms with Crippen LogP contribution in [0.15, 0.2) is 27.7 Å². The fourth-order valence-electron chi connectivity index (χ4n) is 1.58. The largest absolute Gasteiger partial charge is 0.417 e. The highest BCUT2D eigenvalue weighted by atomic mass is 79.9. The van der Waals surface area contributed by atoms with Gasteiger partial charge in [0, 0.05) is 22.5 Å². The zero-order valence-electron chi connectivity index (χ0n) is 10.1. The van der Waals surface area contributed by atoms with Crippen LogP contribution in [0, 0.1) is 5.92 Å². The normalized spacial score (nSPS) is 20.1. The highest BCUT2D eigenvalue weighted by Gasteiger charge is 2.33. The second-order valence-corrected chi connectivity index (χ2v) is 6.24. The lowest BCUT2D eigenvalue weighted by molar-refractivity contribution is -0.138. The van der Waals surface area contributed by atoms with Crippen LogP contribution >= 0.6 is 27.7 Å². The highest BCUT2D eigenvalue weighted by molar-refractivity contribution is 9.10. The second-order valence-electron chi connectivity index (χ2n) is 4.38. The summed E-state index contributed by atoms with van der Waals surface area (Å²) in [4.78, 5) is 4.30. The lowest BCUT2D eigenvalue weighted by Gasteiger charge is -2.18. The van der Waals surface area contributed by atoms with Gasteiger partial charge in [0.15, 0.2) is 5.17 Å². The number of rotatable bonds is 1. The van der Waals surface area contributed by atoms with Crippen LogP contribution in [0.3, 0.4) is 0 Å². The lowest BCUT2D eigenvalue weighted by Crippen LogP contribution is -2.19. The Labute approximate surface area is 122 Å². The van der Waals surface area contributed by atoms with E-state index in [2.05, 4.69) is 33.2 Å². The van der Waals surface area contributed by atoms with E-state index >= 15 is 0 Å². The van der Waals surface area contributed by atoms with Crippen molar-refractivity contribution in [1.29, 1.82) is 0 Å². The van der Waals surface area contributed by atoms with Crippen LogP contribution < -0.4 is 5.32 Å². The van der Waals surface area contributed by atoms with Crippen molar-refractivity contribution < 1.29 is 13.2 Å². The minimum atomic E-state index is -4.37. The highest BCUT2D eigenvalue weighted by Crippen LogP contribution is 2.36. The van der Waals surface area contributed by atoms with Crippen molar-refractivity contribution >= 4 is 38.5 Å². The van der Waals surface area contributed by atoms with E-state index in [4.69, 9.17) is 0 Å². The maximum atomic E-state index is 12.8. The summed E-state index contributed by atoms with van der Waals surface area (Å²) in [7, 11) is 0. The number of thioether (sulfide) groups is 1. The molecular weight excluding hydrogens is 341 g/mol. The van der Waals surface area contributed by atoms with Gasteiger partial charge in [0.1, 0.15) is 0 Å². The second kappa shape index (κ2) is 5.75. The number of alkyl halides is 3. The zero-order valence-corrected chi connectivity index (χ0v) is 12.5. The van der Waals surface area contributed by atoms with Gasteiger partial charge in [-0.1, -0.05) is 34.6 Å². The number of hydrogen-bond donors (Lipinski definition) is 1. The monoisotopic (exact) mass is 352 g/mol. The minimum Gasteiger partial charge on any atom is -0.335 e. The van der Waals surface area contributed by atoms with Gasteiger partial charge in [0.25, 0.3) is 0 Å². The summed E-state index contributed by atoms with van der Waals surface area (Å²) in [6.07, 6.45) is -4.37. The molecule has 7 heteroatoms. The summed E-state index contributed by atoms with van der Waals surface area (Å²) in [5.41, 5.74) is -0.288. The summed E-state index contributed by atoms with van der Waals surface area (Å²) in [6.45, 7) is 2.80. The van der Waals surface area contributed by atoms with Gasteiger partial charge in [-0.25, -0.2) is 0 Å². The molecule has 0 radical (unpaired) electrons. The standard InChI is InChI=1S/C12H12BrF3N2S/c1-7-5-17-11(19-6-7)18-8-2-3-10(13)9(4-8)12(14,15)16/h2-4,7H,5-6H2,1H3,(H,17,18). The average molecular weight is 353 g/mol. The molecule has 1 aromatic carbocycles. The van der Waals surface area contributed by atoms with Crippen molar-refractivity contribution in [1.82, 2.24) is 0 Å². The summed E-state index contributed by atoms with van der Waals surface area (Å²) in [5.74, 6) is 1.43. The van der Waals surface area contributed by atoms with E-state index in [0.717, 1.165) is 11.8 Å². The maximum absolute atomic E-state index is 12.8. The van der Waals surface area contributed by atoms with E-state index in [1.165, 1.54) is 17.8 Å². The van der Waals surface area contributed by atoms with Gasteiger partial charge >= 0.3 is 6.18 Å². The molecule has 0 saturated carbocycles. The van der Waals surface area contributed by atoms with Crippen LogP contribution in [0.2, 0.25) is 0 Å². The van der Waals surface area contributed by atoms with E-state index in [0.29, 0.717) is 23.3 Å². The summed E-state index contributed by atoms with van der Waals surface area (Å²) < 4.78 is 38.3. The van der Waals surface area contributed by atoms with Crippen LogP contribution in [-0.4, -0.2) is 17.5 Å². The van der Waals surface area contributed by atoms with Crippen LogP contribution in [0.1, 0.15) is 12.5 Å². The molecule has 19 heavy (non-hydrogen) atoms. The third-order valence-electron chi connectivity index (χ3n) is 2.57. The van der Waals surface area contributed by atoms with Crippen molar-refractivity contribution in [3.8, 4) is 0 Å². The molecule has 2 rings (SSSR count).